The average Bonchev–Trinajstić information content (AvgIpc) is 2.40. The minimum absolute atomic E-state index is 0.0578. The fourth-order valence-corrected chi connectivity index (χ4v) is 1.90. The molecule has 19 heavy (non-hydrogen) atoms. The second-order valence-corrected chi connectivity index (χ2v) is 4.44. The SMILES string of the molecule is CCN(CC)CCCOc1ccc(CC(=O)O)cc1. The molecular weight excluding hydrogens is 242 g/mol. The number of aliphatic carboxylic acids is 1. The number of carboxylic acid groups (broad SMARTS) is 1. The van der Waals surface area contributed by atoms with Gasteiger partial charge in [0.15, 0.2) is 0 Å². The summed E-state index contributed by atoms with van der Waals surface area (Å²) in [6.45, 7) is 8.19. The van der Waals surface area contributed by atoms with Crippen LogP contribution in [-0.2, 0) is 11.2 Å². The van der Waals surface area contributed by atoms with Gasteiger partial charge in [0.2, 0.25) is 0 Å². The Morgan fingerprint density at radius 1 is 1.21 bits per heavy atom. The number of rotatable bonds is 9. The van der Waals surface area contributed by atoms with Crippen LogP contribution in [0.25, 0.3) is 0 Å². The van der Waals surface area contributed by atoms with Crippen molar-refractivity contribution in [2.24, 2.45) is 0 Å². The summed E-state index contributed by atoms with van der Waals surface area (Å²) in [6, 6.07) is 7.26. The van der Waals surface area contributed by atoms with Gasteiger partial charge >= 0.3 is 5.97 Å². The highest BCUT2D eigenvalue weighted by molar-refractivity contribution is 5.70. The standard InChI is InChI=1S/C15H23NO3/c1-3-16(4-2)10-5-11-19-14-8-6-13(7-9-14)12-15(17)18/h6-9H,3-5,10-12H2,1-2H3,(H,17,18). The monoisotopic (exact) mass is 265 g/mol. The topological polar surface area (TPSA) is 49.8 Å². The molecule has 0 aliphatic heterocycles. The van der Waals surface area contributed by atoms with Crippen LogP contribution in [0.4, 0.5) is 0 Å². The number of carboxylic acids is 1. The van der Waals surface area contributed by atoms with Gasteiger partial charge in [-0.05, 0) is 37.2 Å². The van der Waals surface area contributed by atoms with Crippen LogP contribution in [0.1, 0.15) is 25.8 Å². The third-order valence-corrected chi connectivity index (χ3v) is 3.06. The summed E-state index contributed by atoms with van der Waals surface area (Å²) < 4.78 is 5.63. The number of hydrogen-bond acceptors (Lipinski definition) is 3. The summed E-state index contributed by atoms with van der Waals surface area (Å²) in [7, 11) is 0. The molecule has 0 amide bonds. The van der Waals surface area contributed by atoms with E-state index in [0.717, 1.165) is 37.4 Å². The lowest BCUT2D eigenvalue weighted by Crippen LogP contribution is -2.25. The van der Waals surface area contributed by atoms with E-state index in [9.17, 15) is 4.79 Å². The number of benzene rings is 1. The van der Waals surface area contributed by atoms with E-state index in [1.54, 1.807) is 12.1 Å². The van der Waals surface area contributed by atoms with E-state index in [2.05, 4.69) is 18.7 Å². The number of ether oxygens (including phenoxy) is 1. The van der Waals surface area contributed by atoms with Gasteiger partial charge in [-0.15, -0.1) is 0 Å². The van der Waals surface area contributed by atoms with Crippen molar-refractivity contribution in [3.63, 3.8) is 0 Å². The number of hydrogen-bond donors (Lipinski definition) is 1. The van der Waals surface area contributed by atoms with E-state index in [1.165, 1.54) is 0 Å². The van der Waals surface area contributed by atoms with Gasteiger partial charge in [0.1, 0.15) is 5.75 Å². The maximum absolute atomic E-state index is 10.5. The molecular formula is C15H23NO3. The predicted molar refractivity (Wildman–Crippen MR) is 75.7 cm³/mol. The van der Waals surface area contributed by atoms with Crippen molar-refractivity contribution in [3.8, 4) is 5.75 Å². The van der Waals surface area contributed by atoms with Crippen LogP contribution < -0.4 is 4.74 Å². The molecule has 0 saturated carbocycles. The van der Waals surface area contributed by atoms with Crippen LogP contribution in [0.5, 0.6) is 5.75 Å². The molecule has 106 valence electrons. The lowest BCUT2D eigenvalue weighted by Gasteiger charge is -2.17. The van der Waals surface area contributed by atoms with Crippen molar-refractivity contribution >= 4 is 5.97 Å². The maximum Gasteiger partial charge on any atom is 0.307 e. The fraction of sp³-hybridized carbons (Fsp3) is 0.533. The van der Waals surface area contributed by atoms with E-state index in [-0.39, 0.29) is 6.42 Å². The minimum Gasteiger partial charge on any atom is -0.494 e. The zero-order valence-electron chi connectivity index (χ0n) is 11.8. The largest absolute Gasteiger partial charge is 0.494 e. The predicted octanol–water partition coefficient (Wildman–Crippen LogP) is 2.42. The van der Waals surface area contributed by atoms with Gasteiger partial charge in [0, 0.05) is 6.54 Å². The zero-order chi connectivity index (χ0) is 14.1. The first-order chi connectivity index (χ1) is 9.15. The first kappa shape index (κ1) is 15.5. The third-order valence-electron chi connectivity index (χ3n) is 3.06. The van der Waals surface area contributed by atoms with Crippen LogP contribution in [-0.4, -0.2) is 42.2 Å². The van der Waals surface area contributed by atoms with Gasteiger partial charge in [-0.1, -0.05) is 26.0 Å². The second kappa shape index (κ2) is 8.53. The molecule has 0 aromatic heterocycles. The van der Waals surface area contributed by atoms with Crippen LogP contribution >= 0.6 is 0 Å². The normalized spacial score (nSPS) is 10.7. The molecule has 4 heteroatoms. The Labute approximate surface area is 115 Å². The molecule has 0 atom stereocenters. The van der Waals surface area contributed by atoms with E-state index in [1.807, 2.05) is 12.1 Å². The lowest BCUT2D eigenvalue weighted by atomic mass is 10.1. The van der Waals surface area contributed by atoms with Crippen molar-refractivity contribution in [1.82, 2.24) is 4.90 Å². The van der Waals surface area contributed by atoms with Gasteiger partial charge in [-0.3, -0.25) is 4.79 Å². The molecule has 0 fully saturated rings. The fourth-order valence-electron chi connectivity index (χ4n) is 1.90. The Morgan fingerprint density at radius 3 is 2.37 bits per heavy atom. The van der Waals surface area contributed by atoms with Crippen molar-refractivity contribution in [3.05, 3.63) is 29.8 Å². The van der Waals surface area contributed by atoms with E-state index < -0.39 is 5.97 Å². The quantitative estimate of drug-likeness (QED) is 0.697. The van der Waals surface area contributed by atoms with Crippen molar-refractivity contribution in [1.29, 1.82) is 0 Å². The van der Waals surface area contributed by atoms with E-state index >= 15 is 0 Å². The Balaban J connectivity index is 2.28. The first-order valence-corrected chi connectivity index (χ1v) is 6.81. The molecule has 0 spiro atoms. The average molecular weight is 265 g/mol. The molecule has 0 unspecified atom stereocenters. The summed E-state index contributed by atoms with van der Waals surface area (Å²) in [5.74, 6) is -0.0124. The van der Waals surface area contributed by atoms with Crippen LogP contribution in [0.3, 0.4) is 0 Å². The van der Waals surface area contributed by atoms with Gasteiger partial charge in [0.25, 0.3) is 0 Å². The first-order valence-electron chi connectivity index (χ1n) is 6.81. The summed E-state index contributed by atoms with van der Waals surface area (Å²) >= 11 is 0. The highest BCUT2D eigenvalue weighted by atomic mass is 16.5. The van der Waals surface area contributed by atoms with Crippen molar-refractivity contribution in [2.75, 3.05) is 26.2 Å². The highest BCUT2D eigenvalue weighted by Crippen LogP contribution is 2.13. The molecule has 0 heterocycles. The molecule has 4 nitrogen and oxygen atoms in total. The molecule has 0 radical (unpaired) electrons. The highest BCUT2D eigenvalue weighted by Gasteiger charge is 2.01. The third kappa shape index (κ3) is 6.25. The van der Waals surface area contributed by atoms with Gasteiger partial charge in [-0.25, -0.2) is 0 Å². The van der Waals surface area contributed by atoms with Gasteiger partial charge in [-0.2, -0.15) is 0 Å². The zero-order valence-corrected chi connectivity index (χ0v) is 11.8. The molecule has 0 aliphatic carbocycles. The Morgan fingerprint density at radius 2 is 1.84 bits per heavy atom. The lowest BCUT2D eigenvalue weighted by molar-refractivity contribution is -0.136. The summed E-state index contributed by atoms with van der Waals surface area (Å²) in [5, 5.41) is 8.67. The summed E-state index contributed by atoms with van der Waals surface area (Å²) in [5.41, 5.74) is 0.794. The molecule has 1 N–H and O–H groups in total. The van der Waals surface area contributed by atoms with Crippen LogP contribution in [0, 0.1) is 0 Å². The summed E-state index contributed by atoms with van der Waals surface area (Å²) in [6.07, 6.45) is 1.06. The molecule has 0 bridgehead atoms. The van der Waals surface area contributed by atoms with E-state index in [0.29, 0.717) is 6.61 Å². The summed E-state index contributed by atoms with van der Waals surface area (Å²) in [4.78, 5) is 12.9. The maximum atomic E-state index is 10.5. The molecule has 0 aliphatic rings. The van der Waals surface area contributed by atoms with Gasteiger partial charge < -0.3 is 14.7 Å². The molecule has 1 rings (SSSR count). The Kier molecular flexibility index (Phi) is 6.97. The molecule has 0 saturated heterocycles. The van der Waals surface area contributed by atoms with Crippen molar-refractivity contribution in [2.45, 2.75) is 26.7 Å². The smallest absolute Gasteiger partial charge is 0.307 e. The Bertz CT molecular complexity index is 371. The number of carbonyl (C=O) groups is 1. The van der Waals surface area contributed by atoms with Gasteiger partial charge in [0.05, 0.1) is 13.0 Å². The van der Waals surface area contributed by atoms with E-state index in [4.69, 9.17) is 9.84 Å². The van der Waals surface area contributed by atoms with Crippen molar-refractivity contribution < 1.29 is 14.6 Å². The van der Waals surface area contributed by atoms with Crippen LogP contribution in [0.2, 0.25) is 0 Å². The minimum atomic E-state index is -0.812. The molecule has 1 aromatic rings. The second-order valence-electron chi connectivity index (χ2n) is 4.44. The van der Waals surface area contributed by atoms with Crippen LogP contribution in [0.15, 0.2) is 24.3 Å². The molecule has 1 aromatic carbocycles. The Hall–Kier alpha value is -1.55. The number of nitrogens with zero attached hydrogens (tertiary/aromatic N) is 1.